The quantitative estimate of drug-likeness (QED) is 0.682. The molecule has 0 aliphatic heterocycles. The van der Waals surface area contributed by atoms with Crippen LogP contribution in [0.4, 0.5) is 0 Å². The second kappa shape index (κ2) is 8.19. The summed E-state index contributed by atoms with van der Waals surface area (Å²) < 4.78 is 0. The minimum absolute atomic E-state index is 0.807. The summed E-state index contributed by atoms with van der Waals surface area (Å²) in [6, 6.07) is 14.7. The van der Waals surface area contributed by atoms with E-state index in [9.17, 15) is 0 Å². The summed E-state index contributed by atoms with van der Waals surface area (Å²) in [6.45, 7) is 4.42. The Kier molecular flexibility index (Phi) is 6.80. The topological polar surface area (TPSA) is 0 Å². The van der Waals surface area contributed by atoms with Crippen LogP contribution in [-0.2, 0) is 5.75 Å². The van der Waals surface area contributed by atoms with Gasteiger partial charge in [-0.05, 0) is 16.3 Å². The van der Waals surface area contributed by atoms with Crippen LogP contribution in [0.15, 0.2) is 42.5 Å². The van der Waals surface area contributed by atoms with Crippen LogP contribution in [0.3, 0.4) is 0 Å². The first-order chi connectivity index (χ1) is 8.33. The molecule has 17 heavy (non-hydrogen) atoms. The molecule has 0 heterocycles. The third kappa shape index (κ3) is 4.43. The van der Waals surface area contributed by atoms with Crippen molar-refractivity contribution < 1.29 is 0 Å². The van der Waals surface area contributed by atoms with Gasteiger partial charge in [0.05, 0.1) is 0 Å². The first-order valence-corrected chi connectivity index (χ1v) is 7.04. The van der Waals surface area contributed by atoms with Crippen LogP contribution in [0.2, 0.25) is 0 Å². The third-order valence-corrected chi connectivity index (χ3v) is 3.10. The molecular formula is C16H22S. The Morgan fingerprint density at radius 3 is 2.12 bits per heavy atom. The molecule has 0 aromatic heterocycles. The van der Waals surface area contributed by atoms with E-state index in [1.54, 1.807) is 0 Å². The van der Waals surface area contributed by atoms with E-state index >= 15 is 0 Å². The van der Waals surface area contributed by atoms with Crippen molar-refractivity contribution in [1.82, 2.24) is 0 Å². The molecule has 0 fully saturated rings. The molecule has 0 saturated heterocycles. The lowest BCUT2D eigenvalue weighted by Crippen LogP contribution is -1.80. The Morgan fingerprint density at radius 2 is 1.53 bits per heavy atom. The van der Waals surface area contributed by atoms with Crippen LogP contribution in [0.5, 0.6) is 0 Å². The first-order valence-electron chi connectivity index (χ1n) is 6.41. The molecule has 0 spiro atoms. The van der Waals surface area contributed by atoms with Crippen molar-refractivity contribution in [3.05, 3.63) is 48.0 Å². The number of thiol groups is 1. The highest BCUT2D eigenvalue weighted by atomic mass is 32.1. The lowest BCUT2D eigenvalue weighted by atomic mass is 10.1. The van der Waals surface area contributed by atoms with Gasteiger partial charge >= 0.3 is 0 Å². The van der Waals surface area contributed by atoms with Gasteiger partial charge in [0.2, 0.25) is 0 Å². The first kappa shape index (κ1) is 14.1. The summed E-state index contributed by atoms with van der Waals surface area (Å²) in [5.41, 5.74) is 1.30. The Morgan fingerprint density at radius 1 is 0.882 bits per heavy atom. The standard InChI is InChI=1S/C11H10S.C5H12/c12-8-10-6-3-5-9-4-1-2-7-11(9)10;1-3-5-4-2/h1-7,12H,8H2;3-5H2,1-2H3. The van der Waals surface area contributed by atoms with E-state index in [4.69, 9.17) is 0 Å². The van der Waals surface area contributed by atoms with E-state index in [-0.39, 0.29) is 0 Å². The minimum atomic E-state index is 0.807. The highest BCUT2D eigenvalue weighted by Crippen LogP contribution is 2.19. The van der Waals surface area contributed by atoms with Crippen molar-refractivity contribution in [3.8, 4) is 0 Å². The van der Waals surface area contributed by atoms with Gasteiger partial charge in [-0.2, -0.15) is 12.6 Å². The molecule has 2 aromatic rings. The smallest absolute Gasteiger partial charge is 0.0160 e. The average molecular weight is 246 g/mol. The van der Waals surface area contributed by atoms with Gasteiger partial charge in [-0.1, -0.05) is 75.6 Å². The molecule has 0 unspecified atom stereocenters. The summed E-state index contributed by atoms with van der Waals surface area (Å²) in [7, 11) is 0. The number of unbranched alkanes of at least 4 members (excludes halogenated alkanes) is 2. The molecule has 0 nitrogen and oxygen atoms in total. The molecule has 0 bridgehead atoms. The maximum Gasteiger partial charge on any atom is 0.0160 e. The monoisotopic (exact) mass is 246 g/mol. The summed E-state index contributed by atoms with van der Waals surface area (Å²) in [5, 5.41) is 2.61. The molecule has 0 N–H and O–H groups in total. The normalized spacial score (nSPS) is 9.82. The summed E-state index contributed by atoms with van der Waals surface area (Å²) in [5.74, 6) is 0.807. The van der Waals surface area contributed by atoms with Crippen LogP contribution in [0.1, 0.15) is 38.7 Å². The van der Waals surface area contributed by atoms with E-state index in [1.807, 2.05) is 0 Å². The maximum absolute atomic E-state index is 4.29. The van der Waals surface area contributed by atoms with E-state index in [0.717, 1.165) is 5.75 Å². The molecule has 2 rings (SSSR count). The molecule has 92 valence electrons. The Balaban J connectivity index is 0.000000249. The van der Waals surface area contributed by atoms with E-state index in [2.05, 4.69) is 68.9 Å². The molecule has 0 radical (unpaired) electrons. The second-order valence-electron chi connectivity index (χ2n) is 4.15. The minimum Gasteiger partial charge on any atom is -0.175 e. The summed E-state index contributed by atoms with van der Waals surface area (Å²) in [6.07, 6.45) is 4.08. The number of rotatable bonds is 3. The average Bonchev–Trinajstić information content (AvgIpc) is 2.40. The van der Waals surface area contributed by atoms with Crippen LogP contribution >= 0.6 is 12.6 Å². The van der Waals surface area contributed by atoms with Gasteiger partial charge in [0.25, 0.3) is 0 Å². The molecule has 1 heteroatoms. The molecule has 2 aromatic carbocycles. The highest BCUT2D eigenvalue weighted by molar-refractivity contribution is 7.79. The van der Waals surface area contributed by atoms with Gasteiger partial charge in [-0.3, -0.25) is 0 Å². The van der Waals surface area contributed by atoms with E-state index in [0.29, 0.717) is 0 Å². The predicted octanol–water partition coefficient (Wildman–Crippen LogP) is 5.47. The molecular weight excluding hydrogens is 224 g/mol. The third-order valence-electron chi connectivity index (χ3n) is 2.76. The van der Waals surface area contributed by atoms with Crippen LogP contribution in [0, 0.1) is 0 Å². The molecule has 0 aliphatic rings. The van der Waals surface area contributed by atoms with Crippen LogP contribution < -0.4 is 0 Å². The molecule has 0 atom stereocenters. The van der Waals surface area contributed by atoms with Gasteiger partial charge in [0.1, 0.15) is 0 Å². The predicted molar refractivity (Wildman–Crippen MR) is 81.8 cm³/mol. The zero-order valence-electron chi connectivity index (χ0n) is 10.8. The number of hydrogen-bond donors (Lipinski definition) is 1. The zero-order valence-corrected chi connectivity index (χ0v) is 11.7. The summed E-state index contributed by atoms with van der Waals surface area (Å²) in [4.78, 5) is 0. The summed E-state index contributed by atoms with van der Waals surface area (Å²) >= 11 is 4.29. The van der Waals surface area contributed by atoms with Crippen molar-refractivity contribution in [1.29, 1.82) is 0 Å². The van der Waals surface area contributed by atoms with Crippen LogP contribution in [-0.4, -0.2) is 0 Å². The highest BCUT2D eigenvalue weighted by Gasteiger charge is 1.95. The Hall–Kier alpha value is -0.950. The van der Waals surface area contributed by atoms with Gasteiger partial charge < -0.3 is 0 Å². The molecule has 0 aliphatic carbocycles. The number of benzene rings is 2. The van der Waals surface area contributed by atoms with Crippen molar-refractivity contribution in [2.75, 3.05) is 0 Å². The van der Waals surface area contributed by atoms with Gasteiger partial charge in [-0.25, -0.2) is 0 Å². The number of hydrogen-bond acceptors (Lipinski definition) is 1. The van der Waals surface area contributed by atoms with Gasteiger partial charge in [0, 0.05) is 5.75 Å². The van der Waals surface area contributed by atoms with Crippen molar-refractivity contribution in [3.63, 3.8) is 0 Å². The number of fused-ring (bicyclic) bond motifs is 1. The molecule has 0 amide bonds. The van der Waals surface area contributed by atoms with Crippen molar-refractivity contribution in [2.24, 2.45) is 0 Å². The maximum atomic E-state index is 4.29. The lowest BCUT2D eigenvalue weighted by Gasteiger charge is -2.01. The van der Waals surface area contributed by atoms with Gasteiger partial charge in [-0.15, -0.1) is 0 Å². The van der Waals surface area contributed by atoms with E-state index < -0.39 is 0 Å². The molecule has 0 saturated carbocycles. The fraction of sp³-hybridized carbons (Fsp3) is 0.375. The van der Waals surface area contributed by atoms with Gasteiger partial charge in [0.15, 0.2) is 0 Å². The SMILES string of the molecule is CCCCC.SCc1cccc2ccccc12. The largest absolute Gasteiger partial charge is 0.175 e. The van der Waals surface area contributed by atoms with E-state index in [1.165, 1.54) is 35.6 Å². The second-order valence-corrected chi connectivity index (χ2v) is 4.47. The fourth-order valence-electron chi connectivity index (χ4n) is 1.78. The Bertz CT molecular complexity index is 427. The fourth-order valence-corrected chi connectivity index (χ4v) is 2.06. The van der Waals surface area contributed by atoms with Crippen LogP contribution in [0.25, 0.3) is 10.8 Å². The Labute approximate surface area is 110 Å². The van der Waals surface area contributed by atoms with Crippen molar-refractivity contribution in [2.45, 2.75) is 38.9 Å². The lowest BCUT2D eigenvalue weighted by molar-refractivity contribution is 0.772. The van der Waals surface area contributed by atoms with Crippen molar-refractivity contribution >= 4 is 23.4 Å². The zero-order chi connectivity index (χ0) is 12.5.